The lowest BCUT2D eigenvalue weighted by Crippen LogP contribution is -1.98. The molecule has 0 unspecified atom stereocenters. The molecule has 0 aliphatic carbocycles. The molecule has 2 aromatic carbocycles. The second-order valence-corrected chi connectivity index (χ2v) is 3.88. The molecular weight excluding hydrogens is 222 g/mol. The van der Waals surface area contributed by atoms with Gasteiger partial charge < -0.3 is 5.11 Å². The van der Waals surface area contributed by atoms with Gasteiger partial charge in [-0.25, -0.2) is 0 Å². The Morgan fingerprint density at radius 1 is 0.944 bits per heavy atom. The summed E-state index contributed by atoms with van der Waals surface area (Å²) in [5.41, 5.74) is 2.82. The van der Waals surface area contributed by atoms with E-state index in [1.54, 1.807) is 0 Å². The lowest BCUT2D eigenvalue weighted by molar-refractivity contribution is 0.503. The van der Waals surface area contributed by atoms with Gasteiger partial charge in [0, 0.05) is 5.92 Å². The zero-order chi connectivity index (χ0) is 13.2. The van der Waals surface area contributed by atoms with Gasteiger partial charge in [-0.1, -0.05) is 67.6 Å². The molecule has 2 aromatic rings. The third-order valence-electron chi connectivity index (χ3n) is 2.81. The summed E-state index contributed by atoms with van der Waals surface area (Å²) in [6.07, 6.45) is 1.90. The first kappa shape index (κ1) is 13.8. The molecular formula is C16H17NO. The van der Waals surface area contributed by atoms with Gasteiger partial charge in [0.1, 0.15) is 0 Å². The molecule has 2 heteroatoms. The molecule has 0 fully saturated rings. The number of hydrogen-bond donors (Lipinski definition) is 1. The lowest BCUT2D eigenvalue weighted by Gasteiger charge is -2.15. The smallest absolute Gasteiger partial charge is 0.283 e. The zero-order valence-electron chi connectivity index (χ0n) is 10.5. The van der Waals surface area contributed by atoms with Gasteiger partial charge in [-0.05, 0) is 17.5 Å². The maximum atomic E-state index is 6.88. The van der Waals surface area contributed by atoms with Crippen LogP contribution in [0.2, 0.25) is 0 Å². The molecule has 0 aliphatic heterocycles. The Balaban J connectivity index is 0.000000492. The molecule has 0 saturated carbocycles. The number of aliphatic hydroxyl groups is 1. The predicted octanol–water partition coefficient (Wildman–Crippen LogP) is 4.07. The summed E-state index contributed by atoms with van der Waals surface area (Å²) in [6, 6.07) is 21.4. The topological polar surface area (TPSA) is 44.0 Å². The SMILES string of the molecule is CCC(c1ccccc1)c1ccccc1.N#CO. The molecule has 92 valence electrons. The van der Waals surface area contributed by atoms with Crippen LogP contribution in [-0.4, -0.2) is 5.11 Å². The Kier molecular flexibility index (Phi) is 6.07. The molecule has 1 N–H and O–H groups in total. The normalized spacial score (nSPS) is 9.17. The lowest BCUT2D eigenvalue weighted by atomic mass is 9.89. The average Bonchev–Trinajstić information content (AvgIpc) is 2.43. The van der Waals surface area contributed by atoms with Crippen LogP contribution in [0.5, 0.6) is 0 Å². The molecule has 0 atom stereocenters. The number of benzene rings is 2. The minimum absolute atomic E-state index is 0.535. The fourth-order valence-electron chi connectivity index (χ4n) is 2.03. The maximum absolute atomic E-state index is 6.88. The molecule has 0 saturated heterocycles. The van der Waals surface area contributed by atoms with Crippen LogP contribution in [-0.2, 0) is 0 Å². The number of nitrogens with zero attached hydrogens (tertiary/aromatic N) is 1. The number of nitriles is 1. The van der Waals surface area contributed by atoms with Crippen LogP contribution in [0, 0.1) is 11.5 Å². The first-order valence-corrected chi connectivity index (χ1v) is 5.96. The first-order valence-electron chi connectivity index (χ1n) is 5.96. The minimum Gasteiger partial charge on any atom is -0.443 e. The number of hydrogen-bond acceptors (Lipinski definition) is 2. The summed E-state index contributed by atoms with van der Waals surface area (Å²) < 4.78 is 0. The van der Waals surface area contributed by atoms with E-state index in [1.165, 1.54) is 11.1 Å². The van der Waals surface area contributed by atoms with Gasteiger partial charge in [0.05, 0.1) is 0 Å². The van der Waals surface area contributed by atoms with Gasteiger partial charge in [-0.15, -0.1) is 0 Å². The fraction of sp³-hybridized carbons (Fsp3) is 0.188. The Morgan fingerprint density at radius 2 is 1.28 bits per heavy atom. The summed E-state index contributed by atoms with van der Waals surface area (Å²) in [7, 11) is 0. The van der Waals surface area contributed by atoms with Crippen LogP contribution in [0.15, 0.2) is 60.7 Å². The van der Waals surface area contributed by atoms with Crippen molar-refractivity contribution in [2.45, 2.75) is 19.3 Å². The van der Waals surface area contributed by atoms with Crippen molar-refractivity contribution in [1.82, 2.24) is 0 Å². The van der Waals surface area contributed by atoms with E-state index in [-0.39, 0.29) is 0 Å². The molecule has 2 nitrogen and oxygen atoms in total. The Bertz CT molecular complexity index is 434. The molecule has 0 amide bonds. The monoisotopic (exact) mass is 239 g/mol. The highest BCUT2D eigenvalue weighted by Crippen LogP contribution is 2.26. The zero-order valence-corrected chi connectivity index (χ0v) is 10.5. The largest absolute Gasteiger partial charge is 0.443 e. The van der Waals surface area contributed by atoms with Crippen molar-refractivity contribution in [3.8, 4) is 6.26 Å². The van der Waals surface area contributed by atoms with E-state index in [4.69, 9.17) is 10.4 Å². The van der Waals surface area contributed by atoms with Crippen LogP contribution in [0.1, 0.15) is 30.4 Å². The summed E-state index contributed by atoms with van der Waals surface area (Å²) >= 11 is 0. The summed E-state index contributed by atoms with van der Waals surface area (Å²) in [6.45, 7) is 2.24. The fourth-order valence-corrected chi connectivity index (χ4v) is 2.03. The van der Waals surface area contributed by atoms with Gasteiger partial charge >= 0.3 is 0 Å². The molecule has 2 rings (SSSR count). The highest BCUT2D eigenvalue weighted by Gasteiger charge is 2.10. The van der Waals surface area contributed by atoms with E-state index in [1.807, 2.05) is 0 Å². The van der Waals surface area contributed by atoms with Gasteiger partial charge in [0.15, 0.2) is 0 Å². The van der Waals surface area contributed by atoms with E-state index in [0.717, 1.165) is 12.7 Å². The van der Waals surface area contributed by atoms with Crippen LogP contribution >= 0.6 is 0 Å². The summed E-state index contributed by atoms with van der Waals surface area (Å²) in [5, 5.41) is 13.8. The Labute approximate surface area is 108 Å². The molecule has 0 heterocycles. The predicted molar refractivity (Wildman–Crippen MR) is 72.6 cm³/mol. The molecule has 18 heavy (non-hydrogen) atoms. The minimum atomic E-state index is 0.535. The maximum Gasteiger partial charge on any atom is 0.283 e. The number of aliphatic hydroxyl groups excluding tert-OH is 1. The molecule has 0 aliphatic rings. The van der Waals surface area contributed by atoms with Gasteiger partial charge in [0.25, 0.3) is 6.26 Å². The van der Waals surface area contributed by atoms with Gasteiger partial charge in [-0.3, -0.25) is 0 Å². The second-order valence-electron chi connectivity index (χ2n) is 3.88. The molecule has 0 spiro atoms. The van der Waals surface area contributed by atoms with E-state index >= 15 is 0 Å². The van der Waals surface area contributed by atoms with Crippen molar-refractivity contribution in [1.29, 1.82) is 5.26 Å². The highest BCUT2D eigenvalue weighted by atomic mass is 16.2. The Hall–Kier alpha value is -2.27. The van der Waals surface area contributed by atoms with Crippen molar-refractivity contribution in [3.63, 3.8) is 0 Å². The molecule has 0 aromatic heterocycles. The van der Waals surface area contributed by atoms with Crippen LogP contribution in [0.3, 0.4) is 0 Å². The van der Waals surface area contributed by atoms with E-state index < -0.39 is 0 Å². The Morgan fingerprint density at radius 3 is 1.56 bits per heavy atom. The van der Waals surface area contributed by atoms with Crippen LogP contribution in [0.25, 0.3) is 0 Å². The quantitative estimate of drug-likeness (QED) is 0.820. The van der Waals surface area contributed by atoms with E-state index in [0.29, 0.717) is 5.92 Å². The van der Waals surface area contributed by atoms with E-state index in [9.17, 15) is 0 Å². The van der Waals surface area contributed by atoms with E-state index in [2.05, 4.69) is 67.6 Å². The third kappa shape index (κ3) is 3.95. The standard InChI is InChI=1S/C15H16.CHNO/c1-2-15(13-9-5-3-6-10-13)14-11-7-4-8-12-14;2-1-3/h3-12,15H,2H2,1H3;3H. The van der Waals surface area contributed by atoms with Gasteiger partial charge in [0.2, 0.25) is 0 Å². The summed E-state index contributed by atoms with van der Waals surface area (Å²) in [4.78, 5) is 0. The second kappa shape index (κ2) is 7.92. The first-order chi connectivity index (χ1) is 8.83. The van der Waals surface area contributed by atoms with Crippen LogP contribution in [0.4, 0.5) is 0 Å². The van der Waals surface area contributed by atoms with Gasteiger partial charge in [-0.2, -0.15) is 5.26 Å². The van der Waals surface area contributed by atoms with Crippen molar-refractivity contribution < 1.29 is 5.11 Å². The number of rotatable bonds is 3. The highest BCUT2D eigenvalue weighted by molar-refractivity contribution is 5.31. The molecule has 0 radical (unpaired) electrons. The van der Waals surface area contributed by atoms with Crippen molar-refractivity contribution >= 4 is 0 Å². The summed E-state index contributed by atoms with van der Waals surface area (Å²) in [5.74, 6) is 0.535. The van der Waals surface area contributed by atoms with Crippen molar-refractivity contribution in [2.24, 2.45) is 0 Å². The molecule has 0 bridgehead atoms. The third-order valence-corrected chi connectivity index (χ3v) is 2.81. The average molecular weight is 239 g/mol. The van der Waals surface area contributed by atoms with Crippen LogP contribution < -0.4 is 0 Å². The van der Waals surface area contributed by atoms with Crippen molar-refractivity contribution in [3.05, 3.63) is 71.8 Å². The van der Waals surface area contributed by atoms with Crippen molar-refractivity contribution in [2.75, 3.05) is 0 Å².